The first-order chi connectivity index (χ1) is 7.48. The van der Waals surface area contributed by atoms with Crippen LogP contribution in [0.4, 0.5) is 0 Å². The maximum absolute atomic E-state index is 11.9. The van der Waals surface area contributed by atoms with Crippen LogP contribution in [0.15, 0.2) is 41.8 Å². The van der Waals surface area contributed by atoms with Gasteiger partial charge in [-0.15, -0.1) is 6.58 Å². The molecular weight excluding hydrogens is 220 g/mol. The molecule has 0 unspecified atom stereocenters. The van der Waals surface area contributed by atoms with Crippen molar-refractivity contribution in [3.8, 4) is 0 Å². The number of hydrogen-bond donors (Lipinski definition) is 0. The van der Waals surface area contributed by atoms with Crippen LogP contribution in [0.2, 0.25) is 0 Å². The monoisotopic (exact) mass is 238 g/mol. The van der Waals surface area contributed by atoms with Gasteiger partial charge in [0, 0.05) is 0 Å². The van der Waals surface area contributed by atoms with Crippen molar-refractivity contribution < 1.29 is 8.42 Å². The van der Waals surface area contributed by atoms with Gasteiger partial charge in [-0.3, -0.25) is 0 Å². The van der Waals surface area contributed by atoms with Crippen molar-refractivity contribution in [2.24, 2.45) is 0 Å². The van der Waals surface area contributed by atoms with Crippen LogP contribution in [0.3, 0.4) is 0 Å². The van der Waals surface area contributed by atoms with Crippen molar-refractivity contribution in [2.75, 3.05) is 0 Å². The van der Waals surface area contributed by atoms with Crippen LogP contribution >= 0.6 is 0 Å². The molecule has 0 amide bonds. The largest absolute Gasteiger partial charge is 0.223 e. The Bertz CT molecular complexity index is 459. The normalized spacial score (nSPS) is 11.7. The zero-order valence-electron chi connectivity index (χ0n) is 9.81. The first-order valence-electron chi connectivity index (χ1n) is 5.42. The third kappa shape index (κ3) is 2.95. The molecule has 0 aromatic heterocycles. The lowest BCUT2D eigenvalue weighted by atomic mass is 10.1. The highest BCUT2D eigenvalue weighted by molar-refractivity contribution is 7.92. The van der Waals surface area contributed by atoms with Crippen LogP contribution in [-0.4, -0.2) is 13.7 Å². The Morgan fingerprint density at radius 3 is 2.62 bits per heavy atom. The predicted octanol–water partition coefficient (Wildman–Crippen LogP) is 2.99. The fourth-order valence-electron chi connectivity index (χ4n) is 1.42. The maximum atomic E-state index is 11.9. The number of hydrogen-bond acceptors (Lipinski definition) is 2. The molecule has 0 saturated heterocycles. The van der Waals surface area contributed by atoms with E-state index in [1.807, 2.05) is 12.1 Å². The third-order valence-electron chi connectivity index (χ3n) is 2.48. The average Bonchev–Trinajstić information content (AvgIpc) is 2.26. The first-order valence-corrected chi connectivity index (χ1v) is 6.97. The topological polar surface area (TPSA) is 34.1 Å². The molecule has 0 spiro atoms. The number of allylic oxidation sites excluding steroid dienone is 1. The standard InChI is InChI=1S/C13H18O2S/c1-4-5-7-12-8-6-9-13(10-12)16(14,15)11(2)3/h4,6,8-11H,1,5,7H2,2-3H3. The van der Waals surface area contributed by atoms with Gasteiger partial charge in [-0.25, -0.2) is 8.42 Å². The van der Waals surface area contributed by atoms with E-state index in [0.717, 1.165) is 18.4 Å². The molecule has 0 aliphatic heterocycles. The Morgan fingerprint density at radius 1 is 1.38 bits per heavy atom. The van der Waals surface area contributed by atoms with Crippen molar-refractivity contribution in [3.05, 3.63) is 42.5 Å². The molecule has 3 heteroatoms. The van der Waals surface area contributed by atoms with E-state index in [0.29, 0.717) is 4.90 Å². The highest BCUT2D eigenvalue weighted by Crippen LogP contribution is 2.17. The predicted molar refractivity (Wildman–Crippen MR) is 67.3 cm³/mol. The molecule has 0 saturated carbocycles. The quantitative estimate of drug-likeness (QED) is 0.739. The van der Waals surface area contributed by atoms with Gasteiger partial charge in [-0.2, -0.15) is 0 Å². The summed E-state index contributed by atoms with van der Waals surface area (Å²) in [6.07, 6.45) is 3.54. The minimum Gasteiger partial charge on any atom is -0.223 e. The first kappa shape index (κ1) is 13.0. The Labute approximate surface area is 97.9 Å². The highest BCUT2D eigenvalue weighted by atomic mass is 32.2. The number of rotatable bonds is 5. The summed E-state index contributed by atoms with van der Waals surface area (Å²) in [6, 6.07) is 7.17. The average molecular weight is 238 g/mol. The highest BCUT2D eigenvalue weighted by Gasteiger charge is 2.18. The molecule has 88 valence electrons. The van der Waals surface area contributed by atoms with E-state index in [4.69, 9.17) is 0 Å². The van der Waals surface area contributed by atoms with E-state index in [1.165, 1.54) is 0 Å². The lowest BCUT2D eigenvalue weighted by Gasteiger charge is -2.09. The molecule has 0 heterocycles. The summed E-state index contributed by atoms with van der Waals surface area (Å²) < 4.78 is 23.9. The third-order valence-corrected chi connectivity index (χ3v) is 4.64. The molecule has 1 rings (SSSR count). The van der Waals surface area contributed by atoms with Crippen LogP contribution in [0.25, 0.3) is 0 Å². The van der Waals surface area contributed by atoms with E-state index in [9.17, 15) is 8.42 Å². The molecule has 0 aliphatic carbocycles. The Morgan fingerprint density at radius 2 is 2.06 bits per heavy atom. The fraction of sp³-hybridized carbons (Fsp3) is 0.385. The number of benzene rings is 1. The summed E-state index contributed by atoms with van der Waals surface area (Å²) >= 11 is 0. The van der Waals surface area contributed by atoms with Gasteiger partial charge in [0.15, 0.2) is 9.84 Å². The second-order valence-electron chi connectivity index (χ2n) is 4.07. The maximum Gasteiger partial charge on any atom is 0.180 e. The van der Waals surface area contributed by atoms with Crippen LogP contribution in [0.1, 0.15) is 25.8 Å². The molecule has 2 nitrogen and oxygen atoms in total. The summed E-state index contributed by atoms with van der Waals surface area (Å²) in [7, 11) is -3.15. The summed E-state index contributed by atoms with van der Waals surface area (Å²) in [4.78, 5) is 0.420. The summed E-state index contributed by atoms with van der Waals surface area (Å²) in [5.74, 6) is 0. The van der Waals surface area contributed by atoms with Crippen molar-refractivity contribution in [2.45, 2.75) is 36.8 Å². The number of aryl methyl sites for hydroxylation is 1. The smallest absolute Gasteiger partial charge is 0.180 e. The molecule has 1 aromatic carbocycles. The Hall–Kier alpha value is -1.09. The van der Waals surface area contributed by atoms with Gasteiger partial charge in [0.25, 0.3) is 0 Å². The van der Waals surface area contributed by atoms with Gasteiger partial charge in [0.05, 0.1) is 10.1 Å². The SMILES string of the molecule is C=CCCc1cccc(S(=O)(=O)C(C)C)c1. The Balaban J connectivity index is 3.03. The van der Waals surface area contributed by atoms with Crippen LogP contribution in [0.5, 0.6) is 0 Å². The van der Waals surface area contributed by atoms with E-state index < -0.39 is 9.84 Å². The van der Waals surface area contributed by atoms with E-state index in [2.05, 4.69) is 6.58 Å². The minimum atomic E-state index is -3.15. The Kier molecular flexibility index (Phi) is 4.30. The second-order valence-corrected chi connectivity index (χ2v) is 6.57. The van der Waals surface area contributed by atoms with Crippen LogP contribution in [0, 0.1) is 0 Å². The van der Waals surface area contributed by atoms with Crippen molar-refractivity contribution in [3.63, 3.8) is 0 Å². The molecule has 0 bridgehead atoms. The van der Waals surface area contributed by atoms with E-state index in [1.54, 1.807) is 32.0 Å². The van der Waals surface area contributed by atoms with Crippen molar-refractivity contribution >= 4 is 9.84 Å². The molecule has 0 atom stereocenters. The van der Waals surface area contributed by atoms with Gasteiger partial charge in [-0.05, 0) is 44.4 Å². The molecule has 0 radical (unpaired) electrons. The van der Waals surface area contributed by atoms with Gasteiger partial charge in [0.1, 0.15) is 0 Å². The van der Waals surface area contributed by atoms with Crippen molar-refractivity contribution in [1.29, 1.82) is 0 Å². The molecule has 0 aliphatic rings. The van der Waals surface area contributed by atoms with Crippen LogP contribution < -0.4 is 0 Å². The van der Waals surface area contributed by atoms with Gasteiger partial charge in [0.2, 0.25) is 0 Å². The zero-order valence-corrected chi connectivity index (χ0v) is 10.6. The van der Waals surface area contributed by atoms with Gasteiger partial charge >= 0.3 is 0 Å². The van der Waals surface area contributed by atoms with E-state index in [-0.39, 0.29) is 5.25 Å². The lowest BCUT2D eigenvalue weighted by molar-refractivity contribution is 0.587. The molecule has 0 N–H and O–H groups in total. The van der Waals surface area contributed by atoms with Crippen LogP contribution in [-0.2, 0) is 16.3 Å². The van der Waals surface area contributed by atoms with Gasteiger partial charge < -0.3 is 0 Å². The molecule has 0 fully saturated rings. The summed E-state index contributed by atoms with van der Waals surface area (Å²) in [5, 5.41) is -0.373. The summed E-state index contributed by atoms with van der Waals surface area (Å²) in [5.41, 5.74) is 1.04. The summed E-state index contributed by atoms with van der Waals surface area (Å²) in [6.45, 7) is 7.06. The number of sulfone groups is 1. The fourth-order valence-corrected chi connectivity index (χ4v) is 2.55. The minimum absolute atomic E-state index is 0.373. The van der Waals surface area contributed by atoms with E-state index >= 15 is 0 Å². The van der Waals surface area contributed by atoms with Gasteiger partial charge in [-0.1, -0.05) is 18.2 Å². The molecule has 16 heavy (non-hydrogen) atoms. The van der Waals surface area contributed by atoms with Crippen molar-refractivity contribution in [1.82, 2.24) is 0 Å². The second kappa shape index (κ2) is 5.30. The molecular formula is C13H18O2S. The lowest BCUT2D eigenvalue weighted by Crippen LogP contribution is -2.14. The molecule has 1 aromatic rings. The zero-order chi connectivity index (χ0) is 12.2.